The predicted molar refractivity (Wildman–Crippen MR) is 53.6 cm³/mol. The number of aromatic nitrogens is 3. The number of ether oxygens (including phenoxy) is 1. The first-order chi connectivity index (χ1) is 7.70. The van der Waals surface area contributed by atoms with Gasteiger partial charge in [-0.05, 0) is 19.1 Å². The molecule has 16 heavy (non-hydrogen) atoms. The van der Waals surface area contributed by atoms with Crippen LogP contribution in [0, 0.1) is 6.92 Å². The van der Waals surface area contributed by atoms with E-state index < -0.39 is 5.97 Å². The minimum atomic E-state index is -0.661. The van der Waals surface area contributed by atoms with Crippen molar-refractivity contribution in [1.82, 2.24) is 15.2 Å². The van der Waals surface area contributed by atoms with E-state index in [1.807, 2.05) is 19.1 Å². The molecule has 0 saturated heterocycles. The molecule has 2 heterocycles. The number of pyridine rings is 1. The molecule has 0 aromatic carbocycles. The molecule has 2 aromatic rings. The molecule has 0 unspecified atom stereocenters. The number of hydrogen-bond donors (Lipinski definition) is 0. The second kappa shape index (κ2) is 4.09. The summed E-state index contributed by atoms with van der Waals surface area (Å²) in [6, 6.07) is 5.39. The van der Waals surface area contributed by atoms with Crippen molar-refractivity contribution in [2.75, 3.05) is 7.11 Å². The topological polar surface area (TPSA) is 78.1 Å². The van der Waals surface area contributed by atoms with Crippen molar-refractivity contribution in [3.8, 4) is 11.6 Å². The normalized spacial score (nSPS) is 10.1. The summed E-state index contributed by atoms with van der Waals surface area (Å²) < 4.78 is 9.57. The number of nitrogens with zero attached hydrogens (tertiary/aromatic N) is 3. The zero-order chi connectivity index (χ0) is 11.5. The van der Waals surface area contributed by atoms with Crippen LogP contribution in [0.3, 0.4) is 0 Å². The predicted octanol–water partition coefficient (Wildman–Crippen LogP) is 1.23. The van der Waals surface area contributed by atoms with E-state index in [2.05, 4.69) is 19.9 Å². The molecule has 0 aliphatic rings. The van der Waals surface area contributed by atoms with Crippen molar-refractivity contribution in [2.45, 2.75) is 6.92 Å². The Kier molecular flexibility index (Phi) is 2.63. The standard InChI is InChI=1S/C10H9N3O3/c1-6-4-3-5-7(11-6)8-12-13-9(16-8)10(14)15-2/h3-5H,1-2H3. The summed E-state index contributed by atoms with van der Waals surface area (Å²) in [5, 5.41) is 7.28. The molecule has 0 fully saturated rings. The van der Waals surface area contributed by atoms with E-state index in [9.17, 15) is 4.79 Å². The van der Waals surface area contributed by atoms with Crippen molar-refractivity contribution >= 4 is 5.97 Å². The monoisotopic (exact) mass is 219 g/mol. The second-order valence-electron chi connectivity index (χ2n) is 3.07. The van der Waals surface area contributed by atoms with E-state index in [0.717, 1.165) is 5.69 Å². The Balaban J connectivity index is 2.35. The van der Waals surface area contributed by atoms with E-state index in [0.29, 0.717) is 5.69 Å². The van der Waals surface area contributed by atoms with Crippen molar-refractivity contribution in [3.63, 3.8) is 0 Å². The lowest BCUT2D eigenvalue weighted by atomic mass is 10.3. The number of methoxy groups -OCH3 is 1. The maximum absolute atomic E-state index is 11.1. The van der Waals surface area contributed by atoms with Crippen molar-refractivity contribution < 1.29 is 13.9 Å². The van der Waals surface area contributed by atoms with Gasteiger partial charge in [0.2, 0.25) is 0 Å². The van der Waals surface area contributed by atoms with E-state index in [1.165, 1.54) is 7.11 Å². The molecule has 0 aliphatic heterocycles. The summed E-state index contributed by atoms with van der Waals surface area (Å²) >= 11 is 0. The lowest BCUT2D eigenvalue weighted by Gasteiger charge is -1.94. The number of aryl methyl sites for hydroxylation is 1. The van der Waals surface area contributed by atoms with Gasteiger partial charge in [-0.15, -0.1) is 10.2 Å². The lowest BCUT2D eigenvalue weighted by molar-refractivity contribution is 0.0556. The summed E-state index contributed by atoms with van der Waals surface area (Å²) in [5.74, 6) is -0.642. The summed E-state index contributed by atoms with van der Waals surface area (Å²) in [6.07, 6.45) is 0. The largest absolute Gasteiger partial charge is 0.462 e. The van der Waals surface area contributed by atoms with Gasteiger partial charge >= 0.3 is 11.9 Å². The van der Waals surface area contributed by atoms with Gasteiger partial charge in [0, 0.05) is 5.69 Å². The molecule has 2 aromatic heterocycles. The van der Waals surface area contributed by atoms with E-state index in [1.54, 1.807) is 6.07 Å². The summed E-state index contributed by atoms with van der Waals surface area (Å²) in [4.78, 5) is 15.3. The third-order valence-electron chi connectivity index (χ3n) is 1.89. The first-order valence-corrected chi connectivity index (χ1v) is 4.56. The van der Waals surface area contributed by atoms with Crippen LogP contribution in [0.4, 0.5) is 0 Å². The Morgan fingerprint density at radius 3 is 2.88 bits per heavy atom. The summed E-state index contributed by atoms with van der Waals surface area (Å²) in [6.45, 7) is 1.85. The zero-order valence-corrected chi connectivity index (χ0v) is 8.80. The maximum atomic E-state index is 11.1. The Bertz CT molecular complexity index is 522. The average Bonchev–Trinajstić information content (AvgIpc) is 2.77. The smallest absolute Gasteiger partial charge is 0.396 e. The Hall–Kier alpha value is -2.24. The zero-order valence-electron chi connectivity index (χ0n) is 8.80. The highest BCUT2D eigenvalue weighted by Gasteiger charge is 2.16. The first kappa shape index (κ1) is 10.3. The fourth-order valence-electron chi connectivity index (χ4n) is 1.16. The van der Waals surface area contributed by atoms with Crippen LogP contribution in [0.1, 0.15) is 16.4 Å². The molecule has 0 atom stereocenters. The number of rotatable bonds is 2. The molecule has 0 radical (unpaired) electrons. The van der Waals surface area contributed by atoms with Crippen LogP contribution in [0.5, 0.6) is 0 Å². The molecule has 2 rings (SSSR count). The fourth-order valence-corrected chi connectivity index (χ4v) is 1.16. The van der Waals surface area contributed by atoms with Gasteiger partial charge in [-0.2, -0.15) is 0 Å². The third kappa shape index (κ3) is 1.90. The van der Waals surface area contributed by atoms with Gasteiger partial charge in [0.05, 0.1) is 7.11 Å². The molecule has 6 heteroatoms. The average molecular weight is 219 g/mol. The quantitative estimate of drug-likeness (QED) is 0.707. The molecule has 82 valence electrons. The maximum Gasteiger partial charge on any atom is 0.396 e. The van der Waals surface area contributed by atoms with Gasteiger partial charge in [0.25, 0.3) is 5.89 Å². The Labute approximate surface area is 91.3 Å². The SMILES string of the molecule is COC(=O)c1nnc(-c2cccc(C)n2)o1. The van der Waals surface area contributed by atoms with E-state index in [4.69, 9.17) is 4.42 Å². The van der Waals surface area contributed by atoms with Gasteiger partial charge in [0.1, 0.15) is 5.69 Å². The molecule has 0 N–H and O–H groups in total. The first-order valence-electron chi connectivity index (χ1n) is 4.56. The number of carbonyl (C=O) groups excluding carboxylic acids is 1. The molecular weight excluding hydrogens is 210 g/mol. The molecule has 0 saturated carbocycles. The van der Waals surface area contributed by atoms with Crippen molar-refractivity contribution in [3.05, 3.63) is 29.8 Å². The molecule has 6 nitrogen and oxygen atoms in total. The van der Waals surface area contributed by atoms with Crippen molar-refractivity contribution in [1.29, 1.82) is 0 Å². The minimum Gasteiger partial charge on any atom is -0.462 e. The van der Waals surface area contributed by atoms with Gasteiger partial charge in [-0.3, -0.25) is 0 Å². The van der Waals surface area contributed by atoms with Crippen LogP contribution in [-0.4, -0.2) is 28.3 Å². The Morgan fingerprint density at radius 2 is 2.19 bits per heavy atom. The lowest BCUT2D eigenvalue weighted by Crippen LogP contribution is -2.00. The highest BCUT2D eigenvalue weighted by atomic mass is 16.5. The van der Waals surface area contributed by atoms with Gasteiger partial charge in [-0.25, -0.2) is 9.78 Å². The minimum absolute atomic E-state index is 0.180. The highest BCUT2D eigenvalue weighted by Crippen LogP contribution is 2.15. The van der Waals surface area contributed by atoms with Gasteiger partial charge in [-0.1, -0.05) is 6.07 Å². The molecular formula is C10H9N3O3. The summed E-state index contributed by atoms with van der Waals surface area (Å²) in [5.41, 5.74) is 1.36. The van der Waals surface area contributed by atoms with Crippen LogP contribution < -0.4 is 0 Å². The molecule has 0 spiro atoms. The highest BCUT2D eigenvalue weighted by molar-refractivity contribution is 5.84. The van der Waals surface area contributed by atoms with Crippen molar-refractivity contribution in [2.24, 2.45) is 0 Å². The molecule has 0 bridgehead atoms. The molecule has 0 amide bonds. The van der Waals surface area contributed by atoms with Gasteiger partial charge < -0.3 is 9.15 Å². The van der Waals surface area contributed by atoms with Crippen LogP contribution in [0.15, 0.2) is 22.6 Å². The third-order valence-corrected chi connectivity index (χ3v) is 1.89. The van der Waals surface area contributed by atoms with E-state index in [-0.39, 0.29) is 11.8 Å². The van der Waals surface area contributed by atoms with Crippen LogP contribution in [0.25, 0.3) is 11.6 Å². The van der Waals surface area contributed by atoms with Crippen LogP contribution >= 0.6 is 0 Å². The number of hydrogen-bond acceptors (Lipinski definition) is 6. The van der Waals surface area contributed by atoms with E-state index >= 15 is 0 Å². The summed E-state index contributed by atoms with van der Waals surface area (Å²) in [7, 11) is 1.25. The Morgan fingerprint density at radius 1 is 1.38 bits per heavy atom. The van der Waals surface area contributed by atoms with Crippen LogP contribution in [-0.2, 0) is 4.74 Å². The molecule has 0 aliphatic carbocycles. The fraction of sp³-hybridized carbons (Fsp3) is 0.200. The number of carbonyl (C=O) groups is 1. The second-order valence-corrected chi connectivity index (χ2v) is 3.07. The van der Waals surface area contributed by atoms with Crippen LogP contribution in [0.2, 0.25) is 0 Å². The number of esters is 1. The van der Waals surface area contributed by atoms with Gasteiger partial charge in [0.15, 0.2) is 0 Å².